The third-order valence-corrected chi connectivity index (χ3v) is 9.22. The molecule has 10 heteroatoms. The molecule has 0 amide bonds. The van der Waals surface area contributed by atoms with Gasteiger partial charge in [0, 0.05) is 25.0 Å². The van der Waals surface area contributed by atoms with Crippen molar-refractivity contribution in [3.8, 4) is 0 Å². The lowest BCUT2D eigenvalue weighted by Crippen LogP contribution is -2.31. The summed E-state index contributed by atoms with van der Waals surface area (Å²) in [4.78, 5) is 22.8. The zero-order chi connectivity index (χ0) is 29.1. The summed E-state index contributed by atoms with van der Waals surface area (Å²) in [5.41, 5.74) is 4.38. The molecule has 41 heavy (non-hydrogen) atoms. The Morgan fingerprint density at radius 3 is 2.20 bits per heavy atom. The van der Waals surface area contributed by atoms with Gasteiger partial charge >= 0.3 is 5.97 Å². The summed E-state index contributed by atoms with van der Waals surface area (Å²) in [6, 6.07) is 18.9. The Morgan fingerprint density at radius 2 is 1.59 bits per heavy atom. The average molecular weight is 572 g/mol. The summed E-state index contributed by atoms with van der Waals surface area (Å²) in [5.74, 6) is 0.314. The van der Waals surface area contributed by atoms with Crippen molar-refractivity contribution >= 4 is 39.1 Å². The Kier molecular flexibility index (Phi) is 7.94. The minimum atomic E-state index is -3.97. The average Bonchev–Trinajstić information content (AvgIpc) is 3.47. The summed E-state index contributed by atoms with van der Waals surface area (Å²) >= 11 is 0. The van der Waals surface area contributed by atoms with E-state index >= 15 is 0 Å². The zero-order valence-corrected chi connectivity index (χ0v) is 24.1. The molecule has 2 heterocycles. The van der Waals surface area contributed by atoms with Crippen LogP contribution in [-0.2, 0) is 16.6 Å². The molecule has 1 aromatic heterocycles. The van der Waals surface area contributed by atoms with Crippen molar-refractivity contribution in [2.75, 3.05) is 27.6 Å². The molecular weight excluding hydrogens is 538 g/mol. The Morgan fingerprint density at radius 1 is 0.951 bits per heavy atom. The Balaban J connectivity index is 1.47. The summed E-state index contributed by atoms with van der Waals surface area (Å²) in [5, 5.41) is 12.6. The molecule has 212 valence electrons. The first-order valence-corrected chi connectivity index (χ1v) is 14.9. The number of benzene rings is 3. The second-order valence-electron chi connectivity index (χ2n) is 10.3. The van der Waals surface area contributed by atoms with Crippen molar-refractivity contribution in [1.29, 1.82) is 0 Å². The van der Waals surface area contributed by atoms with E-state index in [1.807, 2.05) is 31.2 Å². The molecule has 0 radical (unpaired) electrons. The van der Waals surface area contributed by atoms with Crippen molar-refractivity contribution in [1.82, 2.24) is 9.97 Å². The lowest BCUT2D eigenvalue weighted by molar-refractivity contribution is 0.0697. The number of nitrogens with one attached hydrogen (secondary N) is 1. The number of anilines is 4. The molecule has 9 nitrogen and oxygen atoms in total. The van der Waals surface area contributed by atoms with E-state index in [1.54, 1.807) is 50.4 Å². The first kappa shape index (κ1) is 28.1. The van der Waals surface area contributed by atoms with Gasteiger partial charge in [0.25, 0.3) is 10.0 Å². The second kappa shape index (κ2) is 11.6. The summed E-state index contributed by atoms with van der Waals surface area (Å²) in [6.45, 7) is 7.47. The molecule has 0 aliphatic carbocycles. The molecule has 1 aliphatic heterocycles. The van der Waals surface area contributed by atoms with E-state index in [1.165, 1.54) is 16.4 Å². The number of carboxylic acid groups (broad SMARTS) is 1. The van der Waals surface area contributed by atoms with Crippen LogP contribution in [0.5, 0.6) is 0 Å². The number of sulfonamides is 1. The van der Waals surface area contributed by atoms with Crippen LogP contribution in [0, 0.1) is 20.8 Å². The molecule has 0 spiro atoms. The Labute approximate surface area is 240 Å². The number of aryl methyl sites for hydroxylation is 3. The lowest BCUT2D eigenvalue weighted by atomic mass is 10.1. The molecule has 3 aromatic carbocycles. The third-order valence-electron chi connectivity index (χ3n) is 7.14. The molecule has 0 saturated carbocycles. The monoisotopic (exact) mass is 571 g/mol. The topological polar surface area (TPSA) is 116 Å². The molecule has 0 atom stereocenters. The first-order valence-electron chi connectivity index (χ1n) is 13.5. The minimum absolute atomic E-state index is 0.0346. The highest BCUT2D eigenvalue weighted by atomic mass is 32.2. The van der Waals surface area contributed by atoms with Gasteiger partial charge in [-0.25, -0.2) is 18.2 Å². The van der Waals surface area contributed by atoms with Gasteiger partial charge in [0.2, 0.25) is 5.95 Å². The molecule has 0 unspecified atom stereocenters. The number of hydrogen-bond donors (Lipinski definition) is 2. The normalized spacial score (nSPS) is 13.3. The van der Waals surface area contributed by atoms with Crippen LogP contribution in [0.15, 0.2) is 77.8 Å². The third kappa shape index (κ3) is 6.17. The van der Waals surface area contributed by atoms with Crippen LogP contribution >= 0.6 is 0 Å². The zero-order valence-electron chi connectivity index (χ0n) is 23.3. The van der Waals surface area contributed by atoms with Gasteiger partial charge in [0.1, 0.15) is 5.82 Å². The largest absolute Gasteiger partial charge is 0.478 e. The van der Waals surface area contributed by atoms with E-state index in [-0.39, 0.29) is 17.0 Å². The number of rotatable bonds is 9. The molecule has 1 aliphatic rings. The smallest absolute Gasteiger partial charge is 0.335 e. The van der Waals surface area contributed by atoms with Crippen LogP contribution in [0.2, 0.25) is 0 Å². The van der Waals surface area contributed by atoms with Gasteiger partial charge in [0.15, 0.2) is 0 Å². The second-order valence-corrected chi connectivity index (χ2v) is 12.1. The summed E-state index contributed by atoms with van der Waals surface area (Å²) < 4.78 is 29.8. The standard InChI is InChI=1S/C31H33N5O4S/c1-21-18-22(2)29(23(3)19-21)41(39,40)36(20-24-6-8-25(9-7-24)30(37)38)27-12-10-26(11-13-27)33-28-14-15-32-31(34-28)35-16-4-5-17-35/h6-15,18-19H,4-5,16-17,20H2,1-3H3,(H,37,38)(H,32,33,34). The summed E-state index contributed by atoms with van der Waals surface area (Å²) in [6.07, 6.45) is 3.99. The SMILES string of the molecule is Cc1cc(C)c(S(=O)(=O)N(Cc2ccc(C(=O)O)cc2)c2ccc(Nc3ccnc(N4CCCC4)n3)cc2)c(C)c1. The molecule has 4 aromatic rings. The van der Waals surface area contributed by atoms with Gasteiger partial charge in [-0.05, 0) is 92.8 Å². The fraction of sp³-hybridized carbons (Fsp3) is 0.258. The van der Waals surface area contributed by atoms with Crippen LogP contribution in [0.1, 0.15) is 45.5 Å². The van der Waals surface area contributed by atoms with E-state index in [0.717, 1.165) is 37.2 Å². The molecule has 2 N–H and O–H groups in total. The van der Waals surface area contributed by atoms with Gasteiger partial charge < -0.3 is 15.3 Å². The fourth-order valence-electron chi connectivity index (χ4n) is 5.26. The maximum absolute atomic E-state index is 14.2. The van der Waals surface area contributed by atoms with Gasteiger partial charge in [-0.1, -0.05) is 29.8 Å². The predicted octanol–water partition coefficient (Wildman–Crippen LogP) is 5.84. The maximum atomic E-state index is 14.2. The lowest BCUT2D eigenvalue weighted by Gasteiger charge is -2.27. The molecular formula is C31H33N5O4S. The number of aromatic carboxylic acids is 1. The maximum Gasteiger partial charge on any atom is 0.335 e. The minimum Gasteiger partial charge on any atom is -0.478 e. The van der Waals surface area contributed by atoms with Crippen LogP contribution in [0.25, 0.3) is 0 Å². The summed E-state index contributed by atoms with van der Waals surface area (Å²) in [7, 11) is -3.97. The number of carbonyl (C=O) groups is 1. The van der Waals surface area contributed by atoms with E-state index < -0.39 is 16.0 Å². The Hall–Kier alpha value is -4.44. The highest BCUT2D eigenvalue weighted by molar-refractivity contribution is 7.92. The van der Waals surface area contributed by atoms with Gasteiger partial charge in [-0.2, -0.15) is 4.98 Å². The van der Waals surface area contributed by atoms with Crippen molar-refractivity contribution in [2.45, 2.75) is 45.1 Å². The van der Waals surface area contributed by atoms with Gasteiger partial charge in [-0.3, -0.25) is 4.31 Å². The van der Waals surface area contributed by atoms with Crippen LogP contribution in [0.3, 0.4) is 0 Å². The predicted molar refractivity (Wildman–Crippen MR) is 161 cm³/mol. The molecule has 0 bridgehead atoms. The molecule has 1 fully saturated rings. The van der Waals surface area contributed by atoms with Crippen molar-refractivity contribution in [3.05, 3.63) is 101 Å². The Bertz CT molecular complexity index is 1640. The van der Waals surface area contributed by atoms with Crippen LogP contribution < -0.4 is 14.5 Å². The number of carboxylic acids is 1. The molecule has 5 rings (SSSR count). The van der Waals surface area contributed by atoms with Crippen LogP contribution in [0.4, 0.5) is 23.1 Å². The molecule has 1 saturated heterocycles. The van der Waals surface area contributed by atoms with Gasteiger partial charge in [0.05, 0.1) is 22.7 Å². The highest BCUT2D eigenvalue weighted by Gasteiger charge is 2.29. The van der Waals surface area contributed by atoms with E-state index in [9.17, 15) is 18.3 Å². The van der Waals surface area contributed by atoms with E-state index in [4.69, 9.17) is 0 Å². The fourth-order valence-corrected chi connectivity index (χ4v) is 7.13. The highest BCUT2D eigenvalue weighted by Crippen LogP contribution is 2.32. The quantitative estimate of drug-likeness (QED) is 0.257. The van der Waals surface area contributed by atoms with Crippen LogP contribution in [-0.4, -0.2) is 42.6 Å². The van der Waals surface area contributed by atoms with Gasteiger partial charge in [-0.15, -0.1) is 0 Å². The number of nitrogens with zero attached hydrogens (tertiary/aromatic N) is 4. The number of hydrogen-bond acceptors (Lipinski definition) is 7. The van der Waals surface area contributed by atoms with Crippen molar-refractivity contribution in [3.63, 3.8) is 0 Å². The number of aromatic nitrogens is 2. The first-order chi connectivity index (χ1) is 19.6. The van der Waals surface area contributed by atoms with Crippen molar-refractivity contribution in [2.24, 2.45) is 0 Å². The van der Waals surface area contributed by atoms with E-state index in [2.05, 4.69) is 20.2 Å². The van der Waals surface area contributed by atoms with E-state index in [0.29, 0.717) is 34.1 Å². The van der Waals surface area contributed by atoms with Crippen molar-refractivity contribution < 1.29 is 18.3 Å².